The first-order valence-electron chi connectivity index (χ1n) is 9.96. The molecule has 3 aromatic rings. The molecule has 2 aliphatic rings. The third-order valence-electron chi connectivity index (χ3n) is 6.08. The lowest BCUT2D eigenvalue weighted by atomic mass is 9.86. The van der Waals surface area contributed by atoms with Gasteiger partial charge in [0.1, 0.15) is 17.4 Å². The Balaban J connectivity index is 1.49. The number of piperidine rings is 1. The van der Waals surface area contributed by atoms with Gasteiger partial charge in [-0.05, 0) is 45.4 Å². The van der Waals surface area contributed by atoms with Crippen LogP contribution < -0.4 is 10.2 Å². The molecule has 0 spiro atoms. The fraction of sp³-hybridized carbons (Fsp3) is 0.476. The van der Waals surface area contributed by atoms with E-state index >= 15 is 4.39 Å². The second-order valence-electron chi connectivity index (χ2n) is 8.50. The molecule has 1 fully saturated rings. The molecule has 0 unspecified atom stereocenters. The van der Waals surface area contributed by atoms with Crippen LogP contribution in [0.3, 0.4) is 0 Å². The van der Waals surface area contributed by atoms with Gasteiger partial charge in [-0.15, -0.1) is 10.2 Å². The zero-order valence-electron chi connectivity index (χ0n) is 16.7. The molecule has 152 valence electrons. The molecule has 2 N–H and O–H groups in total. The normalized spacial score (nSPS) is 23.5. The minimum atomic E-state index is -0.996. The van der Waals surface area contributed by atoms with Crippen LogP contribution in [-0.4, -0.2) is 51.1 Å². The number of aryl methyl sites for hydroxylation is 1. The number of alkyl halides is 1. The van der Waals surface area contributed by atoms with Gasteiger partial charge in [0, 0.05) is 36.2 Å². The summed E-state index contributed by atoms with van der Waals surface area (Å²) in [5.41, 5.74) is 2.78. The van der Waals surface area contributed by atoms with Gasteiger partial charge in [-0.3, -0.25) is 0 Å². The van der Waals surface area contributed by atoms with E-state index in [1.807, 2.05) is 19.9 Å². The number of phenols is 1. The van der Waals surface area contributed by atoms with Crippen LogP contribution in [0.5, 0.6) is 5.75 Å². The van der Waals surface area contributed by atoms with Crippen molar-refractivity contribution in [1.82, 2.24) is 20.5 Å². The molecular weight excluding hydrogens is 373 g/mol. The maximum Gasteiger partial charge on any atom is 0.192 e. The molecule has 2 aromatic heterocycles. The second kappa shape index (κ2) is 6.38. The zero-order chi connectivity index (χ0) is 20.3. The molecule has 0 amide bonds. The number of rotatable bonds is 2. The maximum absolute atomic E-state index is 15.1. The Bertz CT molecular complexity index is 1100. The number of anilines is 1. The second-order valence-corrected chi connectivity index (χ2v) is 8.50. The van der Waals surface area contributed by atoms with Crippen molar-refractivity contribution in [3.8, 4) is 17.0 Å². The van der Waals surface area contributed by atoms with Gasteiger partial charge in [0.2, 0.25) is 0 Å². The molecule has 0 radical (unpaired) electrons. The Morgan fingerprint density at radius 2 is 2.10 bits per heavy atom. The Labute approximate surface area is 167 Å². The lowest BCUT2D eigenvalue weighted by Crippen LogP contribution is -2.62. The van der Waals surface area contributed by atoms with E-state index in [4.69, 9.17) is 4.42 Å². The smallest absolute Gasteiger partial charge is 0.192 e. The first-order valence-corrected chi connectivity index (χ1v) is 9.96. The summed E-state index contributed by atoms with van der Waals surface area (Å²) in [5, 5.41) is 22.5. The number of aromatic nitrogens is 3. The number of nitrogens with zero attached hydrogens (tertiary/aromatic N) is 4. The predicted molar refractivity (Wildman–Crippen MR) is 108 cm³/mol. The number of hydrogen-bond acceptors (Lipinski definition) is 7. The van der Waals surface area contributed by atoms with E-state index in [1.54, 1.807) is 19.1 Å². The molecule has 7 nitrogen and oxygen atoms in total. The minimum Gasteiger partial charge on any atom is -0.507 e. The number of benzene rings is 1. The number of oxazole rings is 1. The first-order chi connectivity index (χ1) is 13.8. The van der Waals surface area contributed by atoms with Crippen LogP contribution in [-0.2, 0) is 6.42 Å². The lowest BCUT2D eigenvalue weighted by Gasteiger charge is -2.44. The summed E-state index contributed by atoms with van der Waals surface area (Å²) in [6.07, 6.45) is 0.514. The summed E-state index contributed by atoms with van der Waals surface area (Å²) in [7, 11) is 0. The highest BCUT2D eigenvalue weighted by atomic mass is 19.1. The van der Waals surface area contributed by atoms with Crippen molar-refractivity contribution < 1.29 is 13.9 Å². The molecule has 1 saturated heterocycles. The number of phenolic OH excluding ortho intramolecular Hbond substituents is 1. The number of aromatic hydroxyl groups is 1. The molecule has 8 heteroatoms. The van der Waals surface area contributed by atoms with Crippen molar-refractivity contribution in [3.05, 3.63) is 29.7 Å². The molecule has 1 aromatic carbocycles. The van der Waals surface area contributed by atoms with Gasteiger partial charge in [-0.1, -0.05) is 0 Å². The SMILES string of the molecule is Cc1nc2cc(O)c(-c3cc4c(nn3)N([C@H]3CCNC(C)(C)[C@H]3F)CC4)cc2o1. The summed E-state index contributed by atoms with van der Waals surface area (Å²) in [4.78, 5) is 6.29. The van der Waals surface area contributed by atoms with Gasteiger partial charge in [0.05, 0.1) is 11.7 Å². The number of hydrogen-bond donors (Lipinski definition) is 2. The quantitative estimate of drug-likeness (QED) is 0.687. The zero-order valence-corrected chi connectivity index (χ0v) is 16.7. The molecule has 2 atom stereocenters. The van der Waals surface area contributed by atoms with Crippen LogP contribution in [0, 0.1) is 6.92 Å². The monoisotopic (exact) mass is 397 g/mol. The van der Waals surface area contributed by atoms with E-state index < -0.39 is 11.7 Å². The minimum absolute atomic E-state index is 0.0822. The van der Waals surface area contributed by atoms with E-state index in [1.165, 1.54) is 0 Å². The van der Waals surface area contributed by atoms with Crippen molar-refractivity contribution >= 4 is 16.9 Å². The van der Waals surface area contributed by atoms with Crippen molar-refractivity contribution in [2.75, 3.05) is 18.0 Å². The summed E-state index contributed by atoms with van der Waals surface area (Å²) >= 11 is 0. The molecule has 4 heterocycles. The van der Waals surface area contributed by atoms with E-state index in [0.29, 0.717) is 28.2 Å². The lowest BCUT2D eigenvalue weighted by molar-refractivity contribution is 0.111. The highest BCUT2D eigenvalue weighted by Gasteiger charge is 2.44. The molecule has 29 heavy (non-hydrogen) atoms. The van der Waals surface area contributed by atoms with Gasteiger partial charge in [-0.2, -0.15) is 0 Å². The van der Waals surface area contributed by atoms with Crippen LogP contribution in [0.2, 0.25) is 0 Å². The average molecular weight is 397 g/mol. The topological polar surface area (TPSA) is 87.3 Å². The Morgan fingerprint density at radius 1 is 1.28 bits per heavy atom. The number of halogens is 1. The van der Waals surface area contributed by atoms with E-state index in [-0.39, 0.29) is 11.8 Å². The third kappa shape index (κ3) is 2.93. The average Bonchev–Trinajstić information content (AvgIpc) is 3.25. The summed E-state index contributed by atoms with van der Waals surface area (Å²) in [6, 6.07) is 5.04. The van der Waals surface area contributed by atoms with E-state index in [0.717, 1.165) is 37.3 Å². The summed E-state index contributed by atoms with van der Waals surface area (Å²) in [5.74, 6) is 1.37. The summed E-state index contributed by atoms with van der Waals surface area (Å²) < 4.78 is 20.7. The largest absolute Gasteiger partial charge is 0.507 e. The Hall–Kier alpha value is -2.74. The van der Waals surface area contributed by atoms with Crippen LogP contribution in [0.1, 0.15) is 31.7 Å². The highest BCUT2D eigenvalue weighted by Crippen LogP contribution is 2.37. The van der Waals surface area contributed by atoms with Crippen LogP contribution in [0.25, 0.3) is 22.4 Å². The van der Waals surface area contributed by atoms with Gasteiger partial charge in [0.25, 0.3) is 0 Å². The third-order valence-corrected chi connectivity index (χ3v) is 6.08. The van der Waals surface area contributed by atoms with Crippen molar-refractivity contribution in [3.63, 3.8) is 0 Å². The fourth-order valence-corrected chi connectivity index (χ4v) is 4.52. The molecule has 5 rings (SSSR count). The molecular formula is C21H24FN5O2. The van der Waals surface area contributed by atoms with Crippen molar-refractivity contribution in [2.24, 2.45) is 0 Å². The van der Waals surface area contributed by atoms with Gasteiger partial charge < -0.3 is 19.7 Å². The molecule has 0 aliphatic carbocycles. The van der Waals surface area contributed by atoms with Crippen LogP contribution in [0.4, 0.5) is 10.2 Å². The van der Waals surface area contributed by atoms with Crippen molar-refractivity contribution in [1.29, 1.82) is 0 Å². The van der Waals surface area contributed by atoms with E-state index in [2.05, 4.69) is 25.4 Å². The van der Waals surface area contributed by atoms with Crippen LogP contribution >= 0.6 is 0 Å². The highest BCUT2D eigenvalue weighted by molar-refractivity contribution is 5.84. The van der Waals surface area contributed by atoms with Gasteiger partial charge in [-0.25, -0.2) is 9.37 Å². The van der Waals surface area contributed by atoms with Gasteiger partial charge in [0.15, 0.2) is 17.3 Å². The molecule has 2 aliphatic heterocycles. The van der Waals surface area contributed by atoms with E-state index in [9.17, 15) is 5.11 Å². The first kappa shape index (κ1) is 18.3. The van der Waals surface area contributed by atoms with Crippen LogP contribution in [0.15, 0.2) is 22.6 Å². The number of nitrogens with one attached hydrogen (secondary N) is 1. The molecule has 0 bridgehead atoms. The number of fused-ring (bicyclic) bond motifs is 2. The Kier molecular flexibility index (Phi) is 4.03. The standard InChI is InChI=1S/C21H24FN5O2/c1-11-24-15-10-17(28)13(9-18(15)29-11)14-8-12-5-7-27(20(12)26-25-14)16-4-6-23-21(2,3)19(16)22/h8-10,16,19,23,28H,4-7H2,1-3H3/t16-,19-/m0/s1. The Morgan fingerprint density at radius 3 is 2.93 bits per heavy atom. The summed E-state index contributed by atoms with van der Waals surface area (Å²) in [6.45, 7) is 7.07. The predicted octanol–water partition coefficient (Wildman–Crippen LogP) is 3.14. The van der Waals surface area contributed by atoms with Gasteiger partial charge >= 0.3 is 0 Å². The van der Waals surface area contributed by atoms with Crippen molar-refractivity contribution in [2.45, 2.75) is 51.4 Å². The maximum atomic E-state index is 15.1. The molecule has 0 saturated carbocycles. The fourth-order valence-electron chi connectivity index (χ4n) is 4.52.